The Morgan fingerprint density at radius 1 is 1.17 bits per heavy atom. The van der Waals surface area contributed by atoms with Gasteiger partial charge >= 0.3 is 5.97 Å². The second-order valence-electron chi connectivity index (χ2n) is 5.16. The predicted octanol–water partition coefficient (Wildman–Crippen LogP) is 3.30. The van der Waals surface area contributed by atoms with Gasteiger partial charge in [0.05, 0.1) is 32.0 Å². The molecular formula is C18H17NO5. The van der Waals surface area contributed by atoms with E-state index in [1.165, 1.54) is 6.26 Å². The molecule has 2 heterocycles. The third-order valence-corrected chi connectivity index (χ3v) is 3.72. The zero-order chi connectivity index (χ0) is 17.1. The van der Waals surface area contributed by atoms with Crippen LogP contribution in [0.1, 0.15) is 27.8 Å². The fourth-order valence-corrected chi connectivity index (χ4v) is 2.53. The summed E-state index contributed by atoms with van der Waals surface area (Å²) in [5.41, 5.74) is 2.06. The van der Waals surface area contributed by atoms with Crippen LogP contribution in [0.5, 0.6) is 5.75 Å². The molecule has 0 fully saturated rings. The van der Waals surface area contributed by atoms with E-state index in [9.17, 15) is 9.59 Å². The van der Waals surface area contributed by atoms with Crippen LogP contribution in [0.25, 0.3) is 11.1 Å². The van der Waals surface area contributed by atoms with E-state index in [4.69, 9.17) is 13.9 Å². The van der Waals surface area contributed by atoms with E-state index in [1.54, 1.807) is 55.0 Å². The molecule has 6 heteroatoms. The van der Waals surface area contributed by atoms with Crippen molar-refractivity contribution < 1.29 is 23.5 Å². The molecule has 0 saturated carbocycles. The number of methoxy groups -OCH3 is 1. The summed E-state index contributed by atoms with van der Waals surface area (Å²) in [6.07, 6.45) is 1.52. The maximum atomic E-state index is 12.6. The van der Waals surface area contributed by atoms with E-state index in [0.29, 0.717) is 28.1 Å². The van der Waals surface area contributed by atoms with Crippen molar-refractivity contribution in [3.63, 3.8) is 0 Å². The number of aromatic nitrogens is 1. The number of carbonyl (C=O) groups is 2. The van der Waals surface area contributed by atoms with Gasteiger partial charge in [-0.2, -0.15) is 0 Å². The zero-order valence-corrected chi connectivity index (χ0v) is 13.4. The number of carbonyl (C=O) groups excluding carboxylic acids is 2. The molecule has 24 heavy (non-hydrogen) atoms. The van der Waals surface area contributed by atoms with E-state index < -0.39 is 5.97 Å². The molecule has 0 atom stereocenters. The lowest BCUT2D eigenvalue weighted by atomic mass is 10.1. The number of fused-ring (bicyclic) bond motifs is 1. The zero-order valence-electron chi connectivity index (χ0n) is 13.4. The van der Waals surface area contributed by atoms with Gasteiger partial charge in [-0.25, -0.2) is 4.79 Å². The molecule has 0 aliphatic rings. The Balaban J connectivity index is 1.92. The third kappa shape index (κ3) is 2.90. The molecule has 0 saturated heterocycles. The van der Waals surface area contributed by atoms with E-state index in [-0.39, 0.29) is 18.9 Å². The summed E-state index contributed by atoms with van der Waals surface area (Å²) in [5.74, 6) is 0.0743. The van der Waals surface area contributed by atoms with Crippen LogP contribution in [0.2, 0.25) is 0 Å². The average Bonchev–Trinajstić information content (AvgIpc) is 3.18. The average molecular weight is 327 g/mol. The van der Waals surface area contributed by atoms with Crippen molar-refractivity contribution in [2.24, 2.45) is 0 Å². The maximum absolute atomic E-state index is 12.6. The molecule has 3 rings (SSSR count). The van der Waals surface area contributed by atoms with E-state index in [0.717, 1.165) is 0 Å². The molecule has 6 nitrogen and oxygen atoms in total. The highest BCUT2D eigenvalue weighted by atomic mass is 16.5. The highest BCUT2D eigenvalue weighted by molar-refractivity contribution is 5.99. The minimum Gasteiger partial charge on any atom is -0.497 e. The Kier molecular flexibility index (Phi) is 4.37. The van der Waals surface area contributed by atoms with E-state index in [2.05, 4.69) is 0 Å². The van der Waals surface area contributed by atoms with Gasteiger partial charge in [0.2, 0.25) is 0 Å². The van der Waals surface area contributed by atoms with Gasteiger partial charge in [0.25, 0.3) is 0 Å². The Morgan fingerprint density at radius 3 is 2.58 bits per heavy atom. The Hall–Kier alpha value is -3.02. The molecule has 3 aromatic rings. The monoisotopic (exact) mass is 327 g/mol. The Morgan fingerprint density at radius 2 is 1.92 bits per heavy atom. The fraction of sp³-hybridized carbons (Fsp3) is 0.222. The quantitative estimate of drug-likeness (QED) is 0.513. The van der Waals surface area contributed by atoms with Crippen molar-refractivity contribution in [1.29, 1.82) is 0 Å². The fourth-order valence-electron chi connectivity index (χ4n) is 2.53. The van der Waals surface area contributed by atoms with Crippen LogP contribution in [0.15, 0.2) is 47.1 Å². The summed E-state index contributed by atoms with van der Waals surface area (Å²) in [6.45, 7) is 2.01. The number of hydrogen-bond donors (Lipinski definition) is 0. The van der Waals surface area contributed by atoms with Gasteiger partial charge in [0, 0.05) is 17.7 Å². The first-order chi connectivity index (χ1) is 11.6. The van der Waals surface area contributed by atoms with Crippen molar-refractivity contribution >= 4 is 22.9 Å². The van der Waals surface area contributed by atoms with Crippen molar-refractivity contribution in [1.82, 2.24) is 4.57 Å². The molecule has 0 bridgehead atoms. The van der Waals surface area contributed by atoms with E-state index >= 15 is 0 Å². The molecule has 2 aromatic heterocycles. The first-order valence-corrected chi connectivity index (χ1v) is 7.55. The van der Waals surface area contributed by atoms with Crippen LogP contribution >= 0.6 is 0 Å². The van der Waals surface area contributed by atoms with Gasteiger partial charge in [-0.05, 0) is 31.2 Å². The lowest BCUT2D eigenvalue weighted by Crippen LogP contribution is -2.17. The highest BCUT2D eigenvalue weighted by Crippen LogP contribution is 2.23. The van der Waals surface area contributed by atoms with Crippen LogP contribution in [-0.4, -0.2) is 30.0 Å². The minimum absolute atomic E-state index is 0.0174. The van der Waals surface area contributed by atoms with Crippen molar-refractivity contribution in [2.75, 3.05) is 13.7 Å². The highest BCUT2D eigenvalue weighted by Gasteiger charge is 2.20. The van der Waals surface area contributed by atoms with E-state index in [1.807, 2.05) is 0 Å². The van der Waals surface area contributed by atoms with Crippen LogP contribution in [0.3, 0.4) is 0 Å². The molecule has 0 spiro atoms. The first kappa shape index (κ1) is 15.9. The lowest BCUT2D eigenvalue weighted by Gasteiger charge is -2.09. The normalized spacial score (nSPS) is 10.8. The smallest absolute Gasteiger partial charge is 0.355 e. The van der Waals surface area contributed by atoms with Crippen LogP contribution in [0, 0.1) is 0 Å². The largest absolute Gasteiger partial charge is 0.497 e. The van der Waals surface area contributed by atoms with Crippen molar-refractivity contribution in [3.8, 4) is 5.75 Å². The van der Waals surface area contributed by atoms with Gasteiger partial charge < -0.3 is 18.5 Å². The summed E-state index contributed by atoms with van der Waals surface area (Å²) in [4.78, 5) is 24.7. The SMILES string of the molecule is CCOC(=O)c1cc2occc2n1CC(=O)c1ccc(OC)cc1. The summed E-state index contributed by atoms with van der Waals surface area (Å²) in [5, 5.41) is 0. The Bertz CT molecular complexity index is 873. The topological polar surface area (TPSA) is 70.7 Å². The number of nitrogens with zero attached hydrogens (tertiary/aromatic N) is 1. The minimum atomic E-state index is -0.480. The number of Topliss-reactive ketones (excluding diaryl/α,β-unsaturated/α-hetero) is 1. The van der Waals surface area contributed by atoms with Crippen LogP contribution < -0.4 is 4.74 Å². The molecular weight excluding hydrogens is 310 g/mol. The third-order valence-electron chi connectivity index (χ3n) is 3.72. The van der Waals surface area contributed by atoms with Gasteiger partial charge in [-0.15, -0.1) is 0 Å². The molecule has 124 valence electrons. The number of benzene rings is 1. The summed E-state index contributed by atoms with van der Waals surface area (Å²) >= 11 is 0. The number of ether oxygens (including phenoxy) is 2. The first-order valence-electron chi connectivity index (χ1n) is 7.55. The van der Waals surface area contributed by atoms with Crippen molar-refractivity contribution in [2.45, 2.75) is 13.5 Å². The van der Waals surface area contributed by atoms with Crippen LogP contribution in [0.4, 0.5) is 0 Å². The van der Waals surface area contributed by atoms with Gasteiger partial charge in [0.15, 0.2) is 11.4 Å². The van der Waals surface area contributed by atoms with Gasteiger partial charge in [-0.1, -0.05) is 0 Å². The predicted molar refractivity (Wildman–Crippen MR) is 87.5 cm³/mol. The van der Waals surface area contributed by atoms with Crippen molar-refractivity contribution in [3.05, 3.63) is 53.9 Å². The summed E-state index contributed by atoms with van der Waals surface area (Å²) in [7, 11) is 1.57. The summed E-state index contributed by atoms with van der Waals surface area (Å²) < 4.78 is 17.1. The molecule has 0 unspecified atom stereocenters. The second-order valence-corrected chi connectivity index (χ2v) is 5.16. The molecule has 0 aliphatic heterocycles. The van der Waals surface area contributed by atoms with Gasteiger partial charge in [-0.3, -0.25) is 4.79 Å². The Labute approximate surface area is 138 Å². The summed E-state index contributed by atoms with van der Waals surface area (Å²) in [6, 6.07) is 10.2. The number of esters is 1. The lowest BCUT2D eigenvalue weighted by molar-refractivity contribution is 0.0514. The number of hydrogen-bond acceptors (Lipinski definition) is 5. The molecule has 0 N–H and O–H groups in total. The molecule has 0 amide bonds. The van der Waals surface area contributed by atoms with Gasteiger partial charge in [0.1, 0.15) is 11.4 Å². The second kappa shape index (κ2) is 6.62. The molecule has 0 aliphatic carbocycles. The molecule has 1 aromatic carbocycles. The number of furan rings is 1. The number of ketones is 1. The maximum Gasteiger partial charge on any atom is 0.355 e. The number of rotatable bonds is 6. The molecule has 0 radical (unpaired) electrons. The van der Waals surface area contributed by atoms with Crippen LogP contribution in [-0.2, 0) is 11.3 Å². The standard InChI is InChI=1S/C18H17NO5/c1-3-23-18(21)15-10-17-14(8-9-24-17)19(15)11-16(20)12-4-6-13(22-2)7-5-12/h4-10H,3,11H2,1-2H3.